The summed E-state index contributed by atoms with van der Waals surface area (Å²) < 4.78 is 9.84. The van der Waals surface area contributed by atoms with Crippen LogP contribution in [0.15, 0.2) is 24.3 Å². The molecule has 4 rings (SSSR count). The van der Waals surface area contributed by atoms with Crippen LogP contribution >= 0.6 is 0 Å². The molecule has 2 aliphatic carbocycles. The molecule has 2 bridgehead atoms. The van der Waals surface area contributed by atoms with Gasteiger partial charge in [-0.25, -0.2) is 4.79 Å². The Morgan fingerprint density at radius 3 is 2.19 bits per heavy atom. The average Bonchev–Trinajstić information content (AvgIpc) is 3.43. The molecule has 164 valence electrons. The summed E-state index contributed by atoms with van der Waals surface area (Å²) in [5, 5.41) is 2.54. The Morgan fingerprint density at radius 1 is 1.00 bits per heavy atom. The van der Waals surface area contributed by atoms with E-state index in [4.69, 9.17) is 9.47 Å². The number of hydrogen-bond acceptors (Lipinski definition) is 7. The van der Waals surface area contributed by atoms with Crippen molar-refractivity contribution < 1.29 is 33.4 Å². The maximum absolute atomic E-state index is 12.6. The summed E-state index contributed by atoms with van der Waals surface area (Å²) in [5.74, 6) is -2.51. The predicted molar refractivity (Wildman–Crippen MR) is 107 cm³/mol. The molecule has 1 heterocycles. The van der Waals surface area contributed by atoms with E-state index in [1.54, 1.807) is 6.92 Å². The number of carbonyl (C=O) groups excluding carboxylic acids is 5. The van der Waals surface area contributed by atoms with E-state index in [9.17, 15) is 24.0 Å². The van der Waals surface area contributed by atoms with Crippen LogP contribution in [0.5, 0.6) is 0 Å². The van der Waals surface area contributed by atoms with Crippen molar-refractivity contribution in [2.45, 2.75) is 26.2 Å². The van der Waals surface area contributed by atoms with Gasteiger partial charge in [0.05, 0.1) is 24.0 Å². The van der Waals surface area contributed by atoms with E-state index in [2.05, 4.69) is 5.32 Å². The van der Waals surface area contributed by atoms with Crippen molar-refractivity contribution in [3.63, 3.8) is 0 Å². The Hall–Kier alpha value is -3.23. The smallest absolute Gasteiger partial charge is 0.338 e. The molecule has 3 fully saturated rings. The molecule has 0 aromatic heterocycles. The van der Waals surface area contributed by atoms with Crippen molar-refractivity contribution in [3.05, 3.63) is 29.8 Å². The topological polar surface area (TPSA) is 119 Å². The molecule has 2 saturated carbocycles. The third-order valence-electron chi connectivity index (χ3n) is 6.35. The van der Waals surface area contributed by atoms with Gasteiger partial charge in [0.1, 0.15) is 6.54 Å². The van der Waals surface area contributed by atoms with Crippen LogP contribution in [0.1, 0.15) is 36.5 Å². The largest absolute Gasteiger partial charge is 0.462 e. The monoisotopic (exact) mass is 428 g/mol. The van der Waals surface area contributed by atoms with E-state index >= 15 is 0 Å². The van der Waals surface area contributed by atoms with Crippen LogP contribution in [0.25, 0.3) is 0 Å². The fraction of sp³-hybridized carbons (Fsp3) is 0.500. The summed E-state index contributed by atoms with van der Waals surface area (Å²) in [5.41, 5.74) is 0.770. The van der Waals surface area contributed by atoms with Crippen LogP contribution in [0.2, 0.25) is 0 Å². The number of rotatable bonds is 7. The van der Waals surface area contributed by atoms with Gasteiger partial charge in [0.15, 0.2) is 6.61 Å². The first-order valence-electron chi connectivity index (χ1n) is 10.5. The average molecular weight is 428 g/mol. The van der Waals surface area contributed by atoms with Crippen LogP contribution in [0.3, 0.4) is 0 Å². The molecule has 9 nitrogen and oxygen atoms in total. The minimum atomic E-state index is -0.804. The molecule has 1 aromatic carbocycles. The fourth-order valence-corrected chi connectivity index (χ4v) is 5.05. The van der Waals surface area contributed by atoms with Gasteiger partial charge in [-0.3, -0.25) is 24.1 Å². The molecule has 1 aliphatic heterocycles. The second kappa shape index (κ2) is 8.49. The Bertz CT molecular complexity index is 898. The molecule has 1 saturated heterocycles. The zero-order valence-corrected chi connectivity index (χ0v) is 17.2. The lowest BCUT2D eigenvalue weighted by Gasteiger charge is -2.19. The minimum Gasteiger partial charge on any atom is -0.462 e. The summed E-state index contributed by atoms with van der Waals surface area (Å²) >= 11 is 0. The zero-order chi connectivity index (χ0) is 22.1. The molecule has 1 aromatic rings. The van der Waals surface area contributed by atoms with E-state index in [-0.39, 0.29) is 42.1 Å². The number of imide groups is 1. The highest BCUT2D eigenvalue weighted by Gasteiger charge is 2.61. The van der Waals surface area contributed by atoms with Crippen LogP contribution < -0.4 is 5.32 Å². The molecule has 4 atom stereocenters. The van der Waals surface area contributed by atoms with Crippen LogP contribution in [0.4, 0.5) is 5.69 Å². The Balaban J connectivity index is 1.25. The number of amides is 3. The summed E-state index contributed by atoms with van der Waals surface area (Å²) in [6.45, 7) is 0.955. The van der Waals surface area contributed by atoms with Gasteiger partial charge in [-0.15, -0.1) is 0 Å². The lowest BCUT2D eigenvalue weighted by atomic mass is 9.81. The molecule has 0 radical (unpaired) electrons. The summed E-state index contributed by atoms with van der Waals surface area (Å²) in [4.78, 5) is 62.0. The molecule has 31 heavy (non-hydrogen) atoms. The van der Waals surface area contributed by atoms with Crippen LogP contribution in [0, 0.1) is 23.7 Å². The molecule has 0 unspecified atom stereocenters. The van der Waals surface area contributed by atoms with E-state index in [1.165, 1.54) is 24.3 Å². The first-order chi connectivity index (χ1) is 14.9. The summed E-state index contributed by atoms with van der Waals surface area (Å²) in [6, 6.07) is 6.07. The SMILES string of the molecule is CCOC(=O)c1ccc(NC(=O)COC(=O)CN2C(=O)[C@@H]3[C@H]4CC[C@@H](C4)[C@H]3C2=O)cc1. The molecule has 1 N–H and O–H groups in total. The van der Waals surface area contributed by atoms with E-state index < -0.39 is 31.0 Å². The highest BCUT2D eigenvalue weighted by atomic mass is 16.5. The normalized spacial score (nSPS) is 26.0. The molecule has 3 amide bonds. The van der Waals surface area contributed by atoms with Gasteiger partial charge in [-0.05, 0) is 62.3 Å². The Kier molecular flexibility index (Phi) is 5.75. The standard InChI is InChI=1S/C22H24N2O7/c1-2-30-22(29)12-5-7-15(8-6-12)23-16(25)11-31-17(26)10-24-20(27)18-13-3-4-14(9-13)19(18)21(24)28/h5-8,13-14,18-19H,2-4,9-11H2,1H3,(H,23,25)/t13-,14-,18+,19+/m0/s1. The van der Waals surface area contributed by atoms with Gasteiger partial charge in [0, 0.05) is 5.69 Å². The van der Waals surface area contributed by atoms with Crippen LogP contribution in [-0.4, -0.2) is 54.3 Å². The van der Waals surface area contributed by atoms with Gasteiger partial charge >= 0.3 is 11.9 Å². The first kappa shape index (κ1) is 21.0. The number of hydrogen-bond donors (Lipinski definition) is 1. The number of benzene rings is 1. The van der Waals surface area contributed by atoms with Crippen molar-refractivity contribution in [1.82, 2.24) is 4.90 Å². The minimum absolute atomic E-state index is 0.244. The van der Waals surface area contributed by atoms with Crippen molar-refractivity contribution in [2.75, 3.05) is 25.1 Å². The van der Waals surface area contributed by atoms with E-state index in [0.29, 0.717) is 11.3 Å². The van der Waals surface area contributed by atoms with E-state index in [1.807, 2.05) is 0 Å². The highest BCUT2D eigenvalue weighted by Crippen LogP contribution is 2.56. The quantitative estimate of drug-likeness (QED) is 0.515. The number of ether oxygens (including phenoxy) is 2. The second-order valence-corrected chi connectivity index (χ2v) is 8.15. The molecule has 9 heteroatoms. The molecule has 0 spiro atoms. The van der Waals surface area contributed by atoms with Gasteiger partial charge < -0.3 is 14.8 Å². The zero-order valence-electron chi connectivity index (χ0n) is 17.2. The predicted octanol–water partition coefficient (Wildman–Crippen LogP) is 1.38. The van der Waals surface area contributed by atoms with Gasteiger partial charge in [-0.1, -0.05) is 0 Å². The molecular weight excluding hydrogens is 404 g/mol. The lowest BCUT2D eigenvalue weighted by Crippen LogP contribution is -2.38. The van der Waals surface area contributed by atoms with Crippen molar-refractivity contribution in [3.8, 4) is 0 Å². The fourth-order valence-electron chi connectivity index (χ4n) is 5.05. The second-order valence-electron chi connectivity index (χ2n) is 8.15. The Labute approximate surface area is 179 Å². The maximum Gasteiger partial charge on any atom is 0.338 e. The number of carbonyl (C=O) groups is 5. The van der Waals surface area contributed by atoms with Gasteiger partial charge in [-0.2, -0.15) is 0 Å². The van der Waals surface area contributed by atoms with Gasteiger partial charge in [0.2, 0.25) is 11.8 Å². The van der Waals surface area contributed by atoms with E-state index in [0.717, 1.165) is 24.2 Å². The van der Waals surface area contributed by atoms with Crippen LogP contribution in [-0.2, 0) is 28.7 Å². The maximum atomic E-state index is 12.6. The van der Waals surface area contributed by atoms with Crippen molar-refractivity contribution in [2.24, 2.45) is 23.7 Å². The lowest BCUT2D eigenvalue weighted by molar-refractivity contribution is -0.154. The van der Waals surface area contributed by atoms with Gasteiger partial charge in [0.25, 0.3) is 5.91 Å². The summed E-state index contributed by atoms with van der Waals surface area (Å²) in [6.07, 6.45) is 2.85. The highest BCUT2D eigenvalue weighted by molar-refractivity contribution is 6.08. The van der Waals surface area contributed by atoms with Crippen molar-refractivity contribution >= 4 is 35.3 Å². The number of anilines is 1. The molecular formula is C22H24N2O7. The van der Waals surface area contributed by atoms with Crippen molar-refractivity contribution in [1.29, 1.82) is 0 Å². The number of nitrogens with zero attached hydrogens (tertiary/aromatic N) is 1. The summed E-state index contributed by atoms with van der Waals surface area (Å²) in [7, 11) is 0. The number of fused-ring (bicyclic) bond motifs is 5. The third kappa shape index (κ3) is 4.04. The third-order valence-corrected chi connectivity index (χ3v) is 6.35. The molecule has 3 aliphatic rings. The number of likely N-dealkylation sites (tertiary alicyclic amines) is 1. The first-order valence-corrected chi connectivity index (χ1v) is 10.5. The number of nitrogens with one attached hydrogen (secondary N) is 1. The Morgan fingerprint density at radius 2 is 1.61 bits per heavy atom. The number of esters is 2.